The number of nitro benzene ring substituents is 1. The predicted octanol–water partition coefficient (Wildman–Crippen LogP) is 3.92. The monoisotopic (exact) mass is 415 g/mol. The molecule has 0 N–H and O–H groups in total. The summed E-state index contributed by atoms with van der Waals surface area (Å²) >= 11 is 0. The van der Waals surface area contributed by atoms with E-state index in [4.69, 9.17) is 4.74 Å². The van der Waals surface area contributed by atoms with Crippen molar-refractivity contribution in [2.24, 2.45) is 0 Å². The van der Waals surface area contributed by atoms with Crippen molar-refractivity contribution in [3.05, 3.63) is 99.9 Å². The van der Waals surface area contributed by atoms with Crippen molar-refractivity contribution in [1.29, 1.82) is 0 Å². The van der Waals surface area contributed by atoms with E-state index < -0.39 is 42.0 Å². The second-order valence-electron chi connectivity index (χ2n) is 5.93. The average molecular weight is 415 g/mol. The number of nitrogens with zero attached hydrogens (tertiary/aromatic N) is 1. The molecule has 0 fully saturated rings. The molecule has 0 spiro atoms. The van der Waals surface area contributed by atoms with Crippen LogP contribution in [-0.2, 0) is 21.2 Å². The van der Waals surface area contributed by atoms with Crippen LogP contribution in [0.1, 0.15) is 15.9 Å². The summed E-state index contributed by atoms with van der Waals surface area (Å²) in [7, 11) is -4.37. The highest BCUT2D eigenvalue weighted by Gasteiger charge is 2.30. The van der Waals surface area contributed by atoms with Gasteiger partial charge < -0.3 is 4.74 Å². The molecular weight excluding hydrogens is 401 g/mol. The number of halogens is 1. The molecule has 0 aliphatic heterocycles. The number of sulfone groups is 1. The minimum Gasteiger partial charge on any atom is -0.457 e. The van der Waals surface area contributed by atoms with Crippen LogP contribution in [0.2, 0.25) is 0 Å². The van der Waals surface area contributed by atoms with Gasteiger partial charge in [-0.3, -0.25) is 10.1 Å². The number of hydrogen-bond donors (Lipinski definition) is 0. The molecule has 29 heavy (non-hydrogen) atoms. The molecule has 0 atom stereocenters. The van der Waals surface area contributed by atoms with Gasteiger partial charge >= 0.3 is 5.97 Å². The first-order chi connectivity index (χ1) is 13.8. The topological polar surface area (TPSA) is 104 Å². The Labute approximate surface area is 165 Å². The zero-order valence-electron chi connectivity index (χ0n) is 14.8. The fourth-order valence-corrected chi connectivity index (χ4v) is 4.24. The number of para-hydroxylation sites is 1. The van der Waals surface area contributed by atoms with Gasteiger partial charge in [0.05, 0.1) is 15.4 Å². The van der Waals surface area contributed by atoms with Crippen molar-refractivity contribution in [2.75, 3.05) is 0 Å². The second-order valence-corrected chi connectivity index (χ2v) is 7.81. The van der Waals surface area contributed by atoms with Gasteiger partial charge in [-0.2, -0.15) is 0 Å². The maximum atomic E-state index is 13.0. The Hall–Kier alpha value is -3.59. The minimum atomic E-state index is -4.37. The van der Waals surface area contributed by atoms with Crippen LogP contribution in [0.4, 0.5) is 10.1 Å². The van der Waals surface area contributed by atoms with Crippen LogP contribution >= 0.6 is 0 Å². The molecule has 3 aromatic rings. The van der Waals surface area contributed by atoms with Crippen molar-refractivity contribution in [3.8, 4) is 0 Å². The van der Waals surface area contributed by atoms with Gasteiger partial charge in [0.15, 0.2) is 0 Å². The molecular formula is C20H14FNO6S. The van der Waals surface area contributed by atoms with Gasteiger partial charge in [-0.05, 0) is 35.9 Å². The molecule has 0 amide bonds. The lowest BCUT2D eigenvalue weighted by Gasteiger charge is -2.11. The molecule has 0 saturated heterocycles. The highest BCUT2D eigenvalue weighted by Crippen LogP contribution is 2.31. The van der Waals surface area contributed by atoms with Gasteiger partial charge in [-0.25, -0.2) is 17.6 Å². The molecule has 0 aliphatic rings. The number of hydrogen-bond acceptors (Lipinski definition) is 6. The van der Waals surface area contributed by atoms with E-state index in [1.54, 1.807) is 0 Å². The second kappa shape index (κ2) is 8.19. The van der Waals surface area contributed by atoms with E-state index >= 15 is 0 Å². The summed E-state index contributed by atoms with van der Waals surface area (Å²) in [5, 5.41) is 11.2. The lowest BCUT2D eigenvalue weighted by molar-refractivity contribution is -0.387. The third-order valence-electron chi connectivity index (χ3n) is 4.03. The molecule has 0 aliphatic carbocycles. The van der Waals surface area contributed by atoms with E-state index in [1.165, 1.54) is 60.7 Å². The molecule has 0 aromatic heterocycles. The fraction of sp³-hybridized carbons (Fsp3) is 0.0500. The summed E-state index contributed by atoms with van der Waals surface area (Å²) in [5.41, 5.74) is -0.339. The summed E-state index contributed by atoms with van der Waals surface area (Å²) in [6, 6.07) is 15.4. The van der Waals surface area contributed by atoms with Gasteiger partial charge in [-0.1, -0.05) is 36.4 Å². The number of rotatable bonds is 6. The molecule has 0 radical (unpaired) electrons. The lowest BCUT2D eigenvalue weighted by Crippen LogP contribution is -2.13. The van der Waals surface area contributed by atoms with Gasteiger partial charge in [-0.15, -0.1) is 0 Å². The molecule has 3 aromatic carbocycles. The van der Waals surface area contributed by atoms with E-state index in [9.17, 15) is 27.7 Å². The third-order valence-corrected chi connectivity index (χ3v) is 5.89. The van der Waals surface area contributed by atoms with E-state index in [0.717, 1.165) is 12.1 Å². The van der Waals surface area contributed by atoms with Crippen LogP contribution in [0.3, 0.4) is 0 Å². The SMILES string of the molecule is O=C(OCc1ccc(F)cc1)c1ccccc1S(=O)(=O)c1ccccc1[N+](=O)[O-]. The first kappa shape index (κ1) is 20.2. The fourth-order valence-electron chi connectivity index (χ4n) is 2.63. The first-order valence-electron chi connectivity index (χ1n) is 8.30. The maximum Gasteiger partial charge on any atom is 0.339 e. The van der Waals surface area contributed by atoms with Crippen molar-refractivity contribution in [1.82, 2.24) is 0 Å². The van der Waals surface area contributed by atoms with Crippen molar-refractivity contribution in [3.63, 3.8) is 0 Å². The van der Waals surface area contributed by atoms with Crippen molar-refractivity contribution >= 4 is 21.5 Å². The van der Waals surface area contributed by atoms with Crippen LogP contribution in [0.5, 0.6) is 0 Å². The van der Waals surface area contributed by atoms with Crippen LogP contribution < -0.4 is 0 Å². The van der Waals surface area contributed by atoms with Crippen LogP contribution in [0.15, 0.2) is 82.6 Å². The molecule has 0 heterocycles. The number of nitro groups is 1. The van der Waals surface area contributed by atoms with Crippen molar-refractivity contribution in [2.45, 2.75) is 16.4 Å². The highest BCUT2D eigenvalue weighted by atomic mass is 32.2. The lowest BCUT2D eigenvalue weighted by atomic mass is 10.2. The first-order valence-corrected chi connectivity index (χ1v) is 9.78. The maximum absolute atomic E-state index is 13.0. The molecule has 0 unspecified atom stereocenters. The summed E-state index contributed by atoms with van der Waals surface area (Å²) in [6.07, 6.45) is 0. The standard InChI is InChI=1S/C20H14FNO6S/c21-15-11-9-14(10-12-15)13-28-20(23)16-5-1-3-7-18(16)29(26,27)19-8-4-2-6-17(19)22(24)25/h1-12H,13H2. The van der Waals surface area contributed by atoms with Gasteiger partial charge in [0, 0.05) is 6.07 Å². The Kier molecular flexibility index (Phi) is 5.69. The summed E-state index contributed by atoms with van der Waals surface area (Å²) in [5.74, 6) is -1.37. The van der Waals surface area contributed by atoms with E-state index in [-0.39, 0.29) is 12.2 Å². The van der Waals surface area contributed by atoms with E-state index in [2.05, 4.69) is 0 Å². The minimum absolute atomic E-state index is 0.195. The molecule has 0 saturated carbocycles. The zero-order chi connectivity index (χ0) is 21.0. The molecule has 148 valence electrons. The molecule has 3 rings (SSSR count). The average Bonchev–Trinajstić information content (AvgIpc) is 2.73. The number of benzene rings is 3. The Balaban J connectivity index is 1.95. The van der Waals surface area contributed by atoms with Gasteiger partial charge in [0.1, 0.15) is 17.3 Å². The van der Waals surface area contributed by atoms with E-state index in [1.807, 2.05) is 0 Å². The van der Waals surface area contributed by atoms with Crippen molar-refractivity contribution < 1.29 is 27.3 Å². The third kappa shape index (κ3) is 4.30. The molecule has 9 heteroatoms. The van der Waals surface area contributed by atoms with Gasteiger partial charge in [0.25, 0.3) is 5.69 Å². The largest absolute Gasteiger partial charge is 0.457 e. The zero-order valence-corrected chi connectivity index (χ0v) is 15.6. The van der Waals surface area contributed by atoms with Gasteiger partial charge in [0.2, 0.25) is 9.84 Å². The van der Waals surface area contributed by atoms with E-state index in [0.29, 0.717) is 5.56 Å². The van der Waals surface area contributed by atoms with Crippen LogP contribution in [-0.4, -0.2) is 19.3 Å². The number of carbonyl (C=O) groups excluding carboxylic acids is 1. The Morgan fingerprint density at radius 1 is 0.931 bits per heavy atom. The molecule has 0 bridgehead atoms. The van der Waals surface area contributed by atoms with Crippen LogP contribution in [0, 0.1) is 15.9 Å². The number of ether oxygens (including phenoxy) is 1. The smallest absolute Gasteiger partial charge is 0.339 e. The highest BCUT2D eigenvalue weighted by molar-refractivity contribution is 7.91. The van der Waals surface area contributed by atoms with Crippen LogP contribution in [0.25, 0.3) is 0 Å². The Morgan fingerprint density at radius 3 is 2.17 bits per heavy atom. The predicted molar refractivity (Wildman–Crippen MR) is 101 cm³/mol. The Bertz CT molecular complexity index is 1180. The number of esters is 1. The molecule has 7 nitrogen and oxygen atoms in total. The normalized spacial score (nSPS) is 11.1. The quantitative estimate of drug-likeness (QED) is 0.343. The summed E-state index contributed by atoms with van der Waals surface area (Å²) < 4.78 is 44.2. The Morgan fingerprint density at radius 2 is 1.52 bits per heavy atom. The summed E-state index contributed by atoms with van der Waals surface area (Å²) in [6.45, 7) is -0.195. The summed E-state index contributed by atoms with van der Waals surface area (Å²) in [4.78, 5) is 22.0. The number of carbonyl (C=O) groups is 1.